The average Bonchev–Trinajstić information content (AvgIpc) is 2.82. The third-order valence-corrected chi connectivity index (χ3v) is 4.07. The van der Waals surface area contributed by atoms with E-state index in [9.17, 15) is 0 Å². The number of aromatic nitrogens is 2. The average molecular weight is 275 g/mol. The van der Waals surface area contributed by atoms with Crippen molar-refractivity contribution in [2.75, 3.05) is 6.54 Å². The number of pyridine rings is 1. The van der Waals surface area contributed by atoms with Crippen molar-refractivity contribution >= 4 is 11.3 Å². The largest absolute Gasteiger partial charge is 0.312 e. The van der Waals surface area contributed by atoms with Gasteiger partial charge in [0.05, 0.1) is 10.7 Å². The van der Waals surface area contributed by atoms with Crippen LogP contribution in [-0.2, 0) is 19.4 Å². The van der Waals surface area contributed by atoms with Gasteiger partial charge in [-0.1, -0.05) is 13.8 Å². The molecular formula is C15H21N3S. The Morgan fingerprint density at radius 2 is 2.00 bits per heavy atom. The Hall–Kier alpha value is -1.26. The Morgan fingerprint density at radius 3 is 2.68 bits per heavy atom. The fraction of sp³-hybridized carbons (Fsp3) is 0.467. The van der Waals surface area contributed by atoms with Gasteiger partial charge in [0, 0.05) is 30.2 Å². The van der Waals surface area contributed by atoms with Crippen LogP contribution in [0.25, 0.3) is 0 Å². The lowest BCUT2D eigenvalue weighted by atomic mass is 10.2. The van der Waals surface area contributed by atoms with Crippen LogP contribution < -0.4 is 5.32 Å². The van der Waals surface area contributed by atoms with Crippen molar-refractivity contribution in [1.29, 1.82) is 0 Å². The monoisotopic (exact) mass is 275 g/mol. The normalized spacial score (nSPS) is 10.8. The van der Waals surface area contributed by atoms with Gasteiger partial charge < -0.3 is 5.32 Å². The molecule has 0 aliphatic heterocycles. The summed E-state index contributed by atoms with van der Waals surface area (Å²) in [6.07, 6.45) is 6.77. The second-order valence-electron chi connectivity index (χ2n) is 4.54. The highest BCUT2D eigenvalue weighted by atomic mass is 32.1. The van der Waals surface area contributed by atoms with E-state index in [0.29, 0.717) is 0 Å². The third kappa shape index (κ3) is 4.11. The molecule has 2 rings (SSSR count). The zero-order chi connectivity index (χ0) is 13.5. The molecule has 2 aromatic heterocycles. The van der Waals surface area contributed by atoms with Crippen LogP contribution in [0.4, 0.5) is 0 Å². The summed E-state index contributed by atoms with van der Waals surface area (Å²) in [5.41, 5.74) is 2.53. The molecule has 0 saturated carbocycles. The Labute approximate surface area is 119 Å². The van der Waals surface area contributed by atoms with Crippen LogP contribution in [0.15, 0.2) is 24.5 Å². The molecule has 0 aliphatic carbocycles. The van der Waals surface area contributed by atoms with E-state index in [1.807, 2.05) is 23.7 Å². The predicted octanol–water partition coefficient (Wildman–Crippen LogP) is 3.19. The van der Waals surface area contributed by atoms with E-state index in [4.69, 9.17) is 4.98 Å². The third-order valence-electron chi connectivity index (χ3n) is 2.97. The quantitative estimate of drug-likeness (QED) is 0.789. The minimum Gasteiger partial charge on any atom is -0.312 e. The fourth-order valence-corrected chi connectivity index (χ4v) is 3.14. The SMILES string of the molecule is CCCNCc1sc(Cc2ccncc2)nc1CC. The van der Waals surface area contributed by atoms with Gasteiger partial charge in [-0.3, -0.25) is 4.98 Å². The van der Waals surface area contributed by atoms with Gasteiger partial charge in [-0.25, -0.2) is 4.98 Å². The van der Waals surface area contributed by atoms with Crippen molar-refractivity contribution in [3.63, 3.8) is 0 Å². The van der Waals surface area contributed by atoms with Crippen LogP contribution in [0.1, 0.15) is 41.4 Å². The van der Waals surface area contributed by atoms with Gasteiger partial charge in [0.1, 0.15) is 0 Å². The van der Waals surface area contributed by atoms with Gasteiger partial charge in [0.15, 0.2) is 0 Å². The van der Waals surface area contributed by atoms with Crippen LogP contribution in [0, 0.1) is 0 Å². The number of hydrogen-bond donors (Lipinski definition) is 1. The molecule has 0 aromatic carbocycles. The van der Waals surface area contributed by atoms with Crippen LogP contribution in [0.3, 0.4) is 0 Å². The molecule has 0 saturated heterocycles. The van der Waals surface area contributed by atoms with E-state index in [2.05, 4.69) is 36.3 Å². The summed E-state index contributed by atoms with van der Waals surface area (Å²) in [4.78, 5) is 10.2. The molecule has 0 radical (unpaired) electrons. The standard InChI is InChI=1S/C15H21N3S/c1-3-7-17-11-14-13(4-2)18-15(19-14)10-12-5-8-16-9-6-12/h5-6,8-9,17H,3-4,7,10-11H2,1-2H3. The first-order chi connectivity index (χ1) is 9.33. The topological polar surface area (TPSA) is 37.8 Å². The number of nitrogens with one attached hydrogen (secondary N) is 1. The van der Waals surface area contributed by atoms with Gasteiger partial charge in [-0.2, -0.15) is 0 Å². The van der Waals surface area contributed by atoms with E-state index in [0.717, 1.165) is 25.9 Å². The summed E-state index contributed by atoms with van der Waals surface area (Å²) < 4.78 is 0. The predicted molar refractivity (Wildman–Crippen MR) is 80.5 cm³/mol. The Kier molecular flexibility index (Phi) is 5.48. The summed E-state index contributed by atoms with van der Waals surface area (Å²) in [7, 11) is 0. The summed E-state index contributed by atoms with van der Waals surface area (Å²) >= 11 is 1.84. The van der Waals surface area contributed by atoms with Crippen molar-refractivity contribution in [2.24, 2.45) is 0 Å². The molecule has 0 bridgehead atoms. The van der Waals surface area contributed by atoms with E-state index < -0.39 is 0 Å². The number of hydrogen-bond acceptors (Lipinski definition) is 4. The first-order valence-corrected chi connectivity index (χ1v) is 7.72. The second kappa shape index (κ2) is 7.36. The maximum Gasteiger partial charge on any atom is 0.0975 e. The summed E-state index contributed by atoms with van der Waals surface area (Å²) in [6, 6.07) is 4.12. The molecule has 4 heteroatoms. The molecule has 3 nitrogen and oxygen atoms in total. The van der Waals surface area contributed by atoms with Crippen LogP contribution in [0.5, 0.6) is 0 Å². The van der Waals surface area contributed by atoms with Gasteiger partial charge in [-0.05, 0) is 37.1 Å². The van der Waals surface area contributed by atoms with Crippen molar-refractivity contribution in [2.45, 2.75) is 39.7 Å². The number of thiazole rings is 1. The molecule has 0 atom stereocenters. The highest BCUT2D eigenvalue weighted by molar-refractivity contribution is 7.11. The maximum absolute atomic E-state index is 4.76. The zero-order valence-electron chi connectivity index (χ0n) is 11.6. The molecule has 2 heterocycles. The summed E-state index contributed by atoms with van der Waals surface area (Å²) in [5, 5.41) is 4.67. The number of rotatable bonds is 7. The molecule has 1 N–H and O–H groups in total. The van der Waals surface area contributed by atoms with E-state index in [-0.39, 0.29) is 0 Å². The molecule has 0 aliphatic rings. The Bertz CT molecular complexity index is 493. The van der Waals surface area contributed by atoms with Crippen LogP contribution in [-0.4, -0.2) is 16.5 Å². The Morgan fingerprint density at radius 1 is 1.21 bits per heavy atom. The van der Waals surface area contributed by atoms with Crippen LogP contribution >= 0.6 is 11.3 Å². The molecule has 102 valence electrons. The first-order valence-electron chi connectivity index (χ1n) is 6.90. The molecule has 19 heavy (non-hydrogen) atoms. The van der Waals surface area contributed by atoms with Crippen LogP contribution in [0.2, 0.25) is 0 Å². The Balaban J connectivity index is 2.05. The van der Waals surface area contributed by atoms with Crippen molar-refractivity contribution in [3.8, 4) is 0 Å². The van der Waals surface area contributed by atoms with E-state index in [1.165, 1.54) is 27.6 Å². The molecule has 0 amide bonds. The summed E-state index contributed by atoms with van der Waals surface area (Å²) in [5.74, 6) is 0. The van der Waals surface area contributed by atoms with Gasteiger partial charge in [0.25, 0.3) is 0 Å². The smallest absolute Gasteiger partial charge is 0.0975 e. The lowest BCUT2D eigenvalue weighted by Gasteiger charge is -2.01. The highest BCUT2D eigenvalue weighted by Crippen LogP contribution is 2.21. The lowest BCUT2D eigenvalue weighted by molar-refractivity contribution is 0.676. The lowest BCUT2D eigenvalue weighted by Crippen LogP contribution is -2.13. The van der Waals surface area contributed by atoms with E-state index in [1.54, 1.807) is 0 Å². The highest BCUT2D eigenvalue weighted by Gasteiger charge is 2.09. The minimum atomic E-state index is 0.911. The van der Waals surface area contributed by atoms with Gasteiger partial charge in [0.2, 0.25) is 0 Å². The fourth-order valence-electron chi connectivity index (χ4n) is 1.98. The first kappa shape index (κ1) is 14.2. The second-order valence-corrected chi connectivity index (χ2v) is 5.71. The molecular weight excluding hydrogens is 254 g/mol. The summed E-state index contributed by atoms with van der Waals surface area (Å²) in [6.45, 7) is 6.38. The molecule has 2 aromatic rings. The number of nitrogens with zero attached hydrogens (tertiary/aromatic N) is 2. The molecule has 0 unspecified atom stereocenters. The zero-order valence-corrected chi connectivity index (χ0v) is 12.5. The van der Waals surface area contributed by atoms with Gasteiger partial charge >= 0.3 is 0 Å². The number of aryl methyl sites for hydroxylation is 1. The van der Waals surface area contributed by atoms with Crippen molar-refractivity contribution < 1.29 is 0 Å². The van der Waals surface area contributed by atoms with Crippen molar-refractivity contribution in [1.82, 2.24) is 15.3 Å². The molecule has 0 fully saturated rings. The maximum atomic E-state index is 4.76. The molecule has 0 spiro atoms. The van der Waals surface area contributed by atoms with Crippen molar-refractivity contribution in [3.05, 3.63) is 45.7 Å². The van der Waals surface area contributed by atoms with Gasteiger partial charge in [-0.15, -0.1) is 11.3 Å². The van der Waals surface area contributed by atoms with E-state index >= 15 is 0 Å². The minimum absolute atomic E-state index is 0.911.